The molecule has 0 aliphatic heterocycles. The highest BCUT2D eigenvalue weighted by Crippen LogP contribution is 2.25. The van der Waals surface area contributed by atoms with E-state index in [2.05, 4.69) is 34.7 Å². The molecule has 23 heavy (non-hydrogen) atoms. The van der Waals surface area contributed by atoms with Crippen molar-refractivity contribution in [1.82, 2.24) is 20.2 Å². The van der Waals surface area contributed by atoms with Gasteiger partial charge in [0, 0.05) is 17.3 Å². The molecule has 8 heteroatoms. The van der Waals surface area contributed by atoms with Gasteiger partial charge in [-0.1, -0.05) is 43.3 Å². The first kappa shape index (κ1) is 17.7. The number of benzene rings is 1. The lowest BCUT2D eigenvalue weighted by Crippen LogP contribution is -2.23. The van der Waals surface area contributed by atoms with Crippen LogP contribution in [0.4, 0.5) is 5.69 Å². The molecule has 1 N–H and O–H groups in total. The Labute approximate surface area is 145 Å². The van der Waals surface area contributed by atoms with Gasteiger partial charge in [0.25, 0.3) is 0 Å². The van der Waals surface area contributed by atoms with Crippen molar-refractivity contribution in [2.45, 2.75) is 44.6 Å². The average molecular weight is 354 g/mol. The van der Waals surface area contributed by atoms with Gasteiger partial charge in [-0.25, -0.2) is 4.68 Å². The summed E-state index contributed by atoms with van der Waals surface area (Å²) in [7, 11) is 0. The zero-order valence-electron chi connectivity index (χ0n) is 13.6. The fraction of sp³-hybridized carbons (Fsp3) is 0.467. The third kappa shape index (κ3) is 4.68. The van der Waals surface area contributed by atoms with E-state index in [1.807, 2.05) is 26.0 Å². The minimum Gasteiger partial charge on any atom is -0.325 e. The number of rotatable bonds is 6. The molecule has 1 aromatic carbocycles. The van der Waals surface area contributed by atoms with Gasteiger partial charge in [-0.2, -0.15) is 0 Å². The summed E-state index contributed by atoms with van der Waals surface area (Å²) in [6.45, 7) is 8.60. The quantitative estimate of drug-likeness (QED) is 0.805. The standard InChI is InChI=1S/C15H20ClN5OS/c1-9(2)8-21-15(18-19-20-21)23-11(4)14(22)17-13-7-5-6-12(16)10(13)3/h5-7,9,11H,8H2,1-4H3,(H,17,22). The van der Waals surface area contributed by atoms with Crippen LogP contribution < -0.4 is 5.32 Å². The van der Waals surface area contributed by atoms with Crippen molar-refractivity contribution >= 4 is 35.0 Å². The summed E-state index contributed by atoms with van der Waals surface area (Å²) in [6, 6.07) is 5.44. The summed E-state index contributed by atoms with van der Waals surface area (Å²) in [5.74, 6) is 0.315. The number of anilines is 1. The van der Waals surface area contributed by atoms with Gasteiger partial charge >= 0.3 is 0 Å². The van der Waals surface area contributed by atoms with Crippen LogP contribution in [0.3, 0.4) is 0 Å². The Hall–Kier alpha value is -1.60. The minimum absolute atomic E-state index is 0.112. The van der Waals surface area contributed by atoms with E-state index in [0.717, 1.165) is 17.8 Å². The first-order chi connectivity index (χ1) is 10.9. The van der Waals surface area contributed by atoms with Crippen LogP contribution in [0.1, 0.15) is 26.3 Å². The second kappa shape index (κ2) is 7.79. The summed E-state index contributed by atoms with van der Waals surface area (Å²) in [5, 5.41) is 15.5. The van der Waals surface area contributed by atoms with Crippen LogP contribution in [-0.4, -0.2) is 31.4 Å². The highest BCUT2D eigenvalue weighted by atomic mass is 35.5. The molecule has 2 aromatic rings. The Morgan fingerprint density at radius 3 is 2.83 bits per heavy atom. The predicted molar refractivity (Wildman–Crippen MR) is 92.8 cm³/mol. The number of carbonyl (C=O) groups excluding carboxylic acids is 1. The predicted octanol–water partition coefficient (Wildman–Crippen LogP) is 3.41. The van der Waals surface area contributed by atoms with Gasteiger partial charge in [-0.05, 0) is 47.9 Å². The molecule has 0 saturated carbocycles. The van der Waals surface area contributed by atoms with Crippen LogP contribution in [0.2, 0.25) is 5.02 Å². The Kier molecular flexibility index (Phi) is 6.01. The summed E-state index contributed by atoms with van der Waals surface area (Å²) < 4.78 is 1.73. The molecular formula is C15H20ClN5OS. The largest absolute Gasteiger partial charge is 0.325 e. The SMILES string of the molecule is Cc1c(Cl)cccc1NC(=O)C(C)Sc1nnnn1CC(C)C. The number of amides is 1. The summed E-state index contributed by atoms with van der Waals surface area (Å²) >= 11 is 7.41. The number of halogens is 1. The number of hydrogen-bond acceptors (Lipinski definition) is 5. The van der Waals surface area contributed by atoms with Crippen molar-refractivity contribution < 1.29 is 4.79 Å². The van der Waals surface area contributed by atoms with E-state index in [0.29, 0.717) is 16.1 Å². The fourth-order valence-corrected chi connectivity index (χ4v) is 2.90. The molecule has 1 atom stereocenters. The Bertz CT molecular complexity index is 688. The zero-order valence-corrected chi connectivity index (χ0v) is 15.1. The molecule has 0 spiro atoms. The molecule has 0 saturated heterocycles. The molecule has 0 fully saturated rings. The Morgan fingerprint density at radius 1 is 1.39 bits per heavy atom. The number of thioether (sulfide) groups is 1. The third-order valence-electron chi connectivity index (χ3n) is 3.21. The molecule has 0 radical (unpaired) electrons. The maximum atomic E-state index is 12.4. The summed E-state index contributed by atoms with van der Waals surface area (Å²) in [6.07, 6.45) is 0. The smallest absolute Gasteiger partial charge is 0.237 e. The highest BCUT2D eigenvalue weighted by molar-refractivity contribution is 8.00. The van der Waals surface area contributed by atoms with Crippen molar-refractivity contribution in [2.75, 3.05) is 5.32 Å². The minimum atomic E-state index is -0.328. The van der Waals surface area contributed by atoms with Gasteiger partial charge in [0.2, 0.25) is 11.1 Å². The highest BCUT2D eigenvalue weighted by Gasteiger charge is 2.19. The number of tetrazole rings is 1. The topological polar surface area (TPSA) is 72.7 Å². The molecule has 124 valence electrons. The molecule has 0 aliphatic rings. The van der Waals surface area contributed by atoms with Gasteiger partial charge < -0.3 is 5.32 Å². The van der Waals surface area contributed by atoms with Crippen LogP contribution >= 0.6 is 23.4 Å². The van der Waals surface area contributed by atoms with E-state index in [1.165, 1.54) is 11.8 Å². The Morgan fingerprint density at radius 2 is 2.13 bits per heavy atom. The molecule has 1 heterocycles. The lowest BCUT2D eigenvalue weighted by Gasteiger charge is -2.14. The van der Waals surface area contributed by atoms with Crippen LogP contribution in [0, 0.1) is 12.8 Å². The lowest BCUT2D eigenvalue weighted by molar-refractivity contribution is -0.115. The van der Waals surface area contributed by atoms with Crippen molar-refractivity contribution in [3.8, 4) is 0 Å². The summed E-state index contributed by atoms with van der Waals surface area (Å²) in [5.41, 5.74) is 1.57. The first-order valence-electron chi connectivity index (χ1n) is 7.37. The molecule has 1 aromatic heterocycles. The van der Waals surface area contributed by atoms with Gasteiger partial charge in [0.1, 0.15) is 0 Å². The monoisotopic (exact) mass is 353 g/mol. The van der Waals surface area contributed by atoms with Crippen LogP contribution in [0.25, 0.3) is 0 Å². The fourth-order valence-electron chi connectivity index (χ4n) is 1.93. The summed E-state index contributed by atoms with van der Waals surface area (Å²) in [4.78, 5) is 12.4. The first-order valence-corrected chi connectivity index (χ1v) is 8.63. The van der Waals surface area contributed by atoms with Gasteiger partial charge in [-0.3, -0.25) is 4.79 Å². The number of aromatic nitrogens is 4. The van der Waals surface area contributed by atoms with E-state index in [-0.39, 0.29) is 11.2 Å². The van der Waals surface area contributed by atoms with E-state index in [4.69, 9.17) is 11.6 Å². The van der Waals surface area contributed by atoms with Crippen molar-refractivity contribution in [3.63, 3.8) is 0 Å². The maximum Gasteiger partial charge on any atom is 0.237 e. The zero-order chi connectivity index (χ0) is 17.0. The third-order valence-corrected chi connectivity index (χ3v) is 4.69. The number of nitrogens with one attached hydrogen (secondary N) is 1. The molecule has 0 aliphatic carbocycles. The molecule has 6 nitrogen and oxygen atoms in total. The second-order valence-corrected chi connectivity index (χ2v) is 7.41. The molecule has 0 bridgehead atoms. The van der Waals surface area contributed by atoms with Crippen molar-refractivity contribution in [3.05, 3.63) is 28.8 Å². The number of carbonyl (C=O) groups is 1. The van der Waals surface area contributed by atoms with Crippen LogP contribution in [0.15, 0.2) is 23.4 Å². The number of nitrogens with zero attached hydrogens (tertiary/aromatic N) is 4. The van der Waals surface area contributed by atoms with E-state index in [9.17, 15) is 4.79 Å². The van der Waals surface area contributed by atoms with Crippen LogP contribution in [0.5, 0.6) is 0 Å². The van der Waals surface area contributed by atoms with Crippen molar-refractivity contribution in [1.29, 1.82) is 0 Å². The Balaban J connectivity index is 2.03. The second-order valence-electron chi connectivity index (χ2n) is 5.70. The lowest BCUT2D eigenvalue weighted by atomic mass is 10.2. The van der Waals surface area contributed by atoms with E-state index < -0.39 is 0 Å². The molecule has 1 amide bonds. The normalized spacial score (nSPS) is 12.4. The van der Waals surface area contributed by atoms with Gasteiger partial charge in [0.05, 0.1) is 5.25 Å². The van der Waals surface area contributed by atoms with Crippen molar-refractivity contribution in [2.24, 2.45) is 5.92 Å². The maximum absolute atomic E-state index is 12.4. The van der Waals surface area contributed by atoms with E-state index in [1.54, 1.807) is 10.7 Å². The van der Waals surface area contributed by atoms with E-state index >= 15 is 0 Å². The molecule has 1 unspecified atom stereocenters. The molecular weight excluding hydrogens is 334 g/mol. The molecule has 2 rings (SSSR count). The average Bonchev–Trinajstić information content (AvgIpc) is 2.90. The van der Waals surface area contributed by atoms with Gasteiger partial charge in [-0.15, -0.1) is 5.10 Å². The number of hydrogen-bond donors (Lipinski definition) is 1. The van der Waals surface area contributed by atoms with Crippen LogP contribution in [-0.2, 0) is 11.3 Å². The van der Waals surface area contributed by atoms with Gasteiger partial charge in [0.15, 0.2) is 0 Å².